The molecule has 0 saturated carbocycles. The Morgan fingerprint density at radius 3 is 2.87 bits per heavy atom. The average Bonchev–Trinajstić information content (AvgIpc) is 2.25. The van der Waals surface area contributed by atoms with Gasteiger partial charge in [0.1, 0.15) is 0 Å². The van der Waals surface area contributed by atoms with Crippen LogP contribution in [0.15, 0.2) is 24.5 Å². The molecule has 0 fully saturated rings. The van der Waals surface area contributed by atoms with Crippen molar-refractivity contribution in [1.82, 2.24) is 4.98 Å². The first-order valence-corrected chi connectivity index (χ1v) is 4.55. The predicted molar refractivity (Wildman–Crippen MR) is 52.9 cm³/mol. The summed E-state index contributed by atoms with van der Waals surface area (Å²) in [5.41, 5.74) is 5.33. The van der Waals surface area contributed by atoms with E-state index in [2.05, 4.69) is 4.98 Å². The fourth-order valence-corrected chi connectivity index (χ4v) is 0.978. The summed E-state index contributed by atoms with van der Waals surface area (Å²) in [7, 11) is 0. The molecule has 0 bridgehead atoms. The maximum Gasteiger partial charge on any atom is 0.339 e. The minimum Gasteiger partial charge on any atom is -0.462 e. The maximum absolute atomic E-state index is 11.3. The van der Waals surface area contributed by atoms with E-state index in [1.807, 2.05) is 0 Å². The van der Waals surface area contributed by atoms with Gasteiger partial charge in [-0.2, -0.15) is 0 Å². The molecule has 0 spiro atoms. The zero-order valence-corrected chi connectivity index (χ0v) is 8.18. The van der Waals surface area contributed by atoms with E-state index in [9.17, 15) is 9.59 Å². The fourth-order valence-electron chi connectivity index (χ4n) is 0.978. The molecule has 5 nitrogen and oxygen atoms in total. The first kappa shape index (κ1) is 11.2. The third kappa shape index (κ3) is 4.21. The first-order chi connectivity index (χ1) is 7.20. The number of rotatable bonds is 5. The highest BCUT2D eigenvalue weighted by Gasteiger charge is 2.06. The van der Waals surface area contributed by atoms with Gasteiger partial charge >= 0.3 is 5.97 Å². The minimum absolute atomic E-state index is 0.191. The molecule has 1 rings (SSSR count). The zero-order valence-electron chi connectivity index (χ0n) is 8.18. The van der Waals surface area contributed by atoms with Crippen LogP contribution in [-0.4, -0.2) is 23.5 Å². The van der Waals surface area contributed by atoms with E-state index in [-0.39, 0.29) is 13.0 Å². The summed E-state index contributed by atoms with van der Waals surface area (Å²) in [6.07, 6.45) is 3.67. The smallest absolute Gasteiger partial charge is 0.339 e. The molecule has 0 aliphatic heterocycles. The van der Waals surface area contributed by atoms with Crippen molar-refractivity contribution >= 4 is 11.9 Å². The van der Waals surface area contributed by atoms with Crippen molar-refractivity contribution in [2.24, 2.45) is 5.73 Å². The quantitative estimate of drug-likeness (QED) is 0.564. The fraction of sp³-hybridized carbons (Fsp3) is 0.300. The van der Waals surface area contributed by atoms with Crippen molar-refractivity contribution in [2.45, 2.75) is 12.8 Å². The van der Waals surface area contributed by atoms with Gasteiger partial charge in [-0.3, -0.25) is 9.78 Å². The highest BCUT2D eigenvalue weighted by Crippen LogP contribution is 1.99. The highest BCUT2D eigenvalue weighted by molar-refractivity contribution is 5.88. The molecule has 0 unspecified atom stereocenters. The van der Waals surface area contributed by atoms with Crippen molar-refractivity contribution in [2.75, 3.05) is 6.61 Å². The number of amides is 1. The Balaban J connectivity index is 2.28. The molecule has 0 aliphatic carbocycles. The molecule has 0 atom stereocenters. The lowest BCUT2D eigenvalue weighted by molar-refractivity contribution is -0.118. The summed E-state index contributed by atoms with van der Waals surface area (Å²) in [5.74, 6) is -0.833. The molecule has 0 saturated heterocycles. The lowest BCUT2D eigenvalue weighted by Crippen LogP contribution is -2.12. The largest absolute Gasteiger partial charge is 0.462 e. The van der Waals surface area contributed by atoms with Gasteiger partial charge in [0, 0.05) is 18.8 Å². The molecule has 15 heavy (non-hydrogen) atoms. The monoisotopic (exact) mass is 208 g/mol. The van der Waals surface area contributed by atoms with Gasteiger partial charge in [0.05, 0.1) is 12.2 Å². The molecule has 1 aromatic heterocycles. The Hall–Kier alpha value is -1.91. The van der Waals surface area contributed by atoms with Crippen LogP contribution in [0.1, 0.15) is 23.2 Å². The minimum atomic E-state index is -0.437. The van der Waals surface area contributed by atoms with Gasteiger partial charge in [-0.25, -0.2) is 4.79 Å². The molecule has 1 amide bonds. The highest BCUT2D eigenvalue weighted by atomic mass is 16.5. The third-order valence-electron chi connectivity index (χ3n) is 1.70. The molecule has 0 radical (unpaired) electrons. The Labute approximate surface area is 87.3 Å². The van der Waals surface area contributed by atoms with Gasteiger partial charge in [0.25, 0.3) is 0 Å². The van der Waals surface area contributed by atoms with Gasteiger partial charge in [0.15, 0.2) is 0 Å². The third-order valence-corrected chi connectivity index (χ3v) is 1.70. The number of hydrogen-bond acceptors (Lipinski definition) is 4. The van der Waals surface area contributed by atoms with Crippen LogP contribution in [-0.2, 0) is 9.53 Å². The molecule has 80 valence electrons. The van der Waals surface area contributed by atoms with Gasteiger partial charge in [0.2, 0.25) is 5.91 Å². The van der Waals surface area contributed by atoms with Crippen LogP contribution in [0.3, 0.4) is 0 Å². The van der Waals surface area contributed by atoms with Crippen LogP contribution in [0.4, 0.5) is 0 Å². The molecule has 2 N–H and O–H groups in total. The number of carbonyl (C=O) groups excluding carboxylic acids is 2. The normalized spacial score (nSPS) is 9.60. The van der Waals surface area contributed by atoms with Gasteiger partial charge in [-0.05, 0) is 18.6 Å². The predicted octanol–water partition coefficient (Wildman–Crippen LogP) is 0.504. The lowest BCUT2D eigenvalue weighted by atomic mass is 10.3. The number of nitrogens with zero attached hydrogens (tertiary/aromatic N) is 1. The number of primary amides is 1. The van der Waals surface area contributed by atoms with Gasteiger partial charge < -0.3 is 10.5 Å². The van der Waals surface area contributed by atoms with Crippen molar-refractivity contribution < 1.29 is 14.3 Å². The van der Waals surface area contributed by atoms with Crippen molar-refractivity contribution in [3.05, 3.63) is 30.1 Å². The number of esters is 1. The summed E-state index contributed by atoms with van der Waals surface area (Å²) in [4.78, 5) is 25.5. The Morgan fingerprint density at radius 2 is 2.27 bits per heavy atom. The molecule has 0 aliphatic rings. The second-order valence-corrected chi connectivity index (χ2v) is 2.95. The van der Waals surface area contributed by atoms with E-state index >= 15 is 0 Å². The molecular weight excluding hydrogens is 196 g/mol. The van der Waals surface area contributed by atoms with E-state index in [4.69, 9.17) is 10.5 Å². The Bertz CT molecular complexity index is 338. The number of ether oxygens (including phenoxy) is 1. The number of nitrogens with two attached hydrogens (primary N) is 1. The summed E-state index contributed by atoms with van der Waals surface area (Å²) in [5, 5.41) is 0. The van der Waals surface area contributed by atoms with Crippen molar-refractivity contribution in [3.63, 3.8) is 0 Å². The van der Waals surface area contributed by atoms with Gasteiger partial charge in [-0.15, -0.1) is 0 Å². The van der Waals surface area contributed by atoms with Crippen molar-refractivity contribution in [1.29, 1.82) is 0 Å². The lowest BCUT2D eigenvalue weighted by Gasteiger charge is -2.02. The second kappa shape index (κ2) is 5.74. The molecule has 1 aromatic rings. The van der Waals surface area contributed by atoms with Crippen LogP contribution in [0.2, 0.25) is 0 Å². The van der Waals surface area contributed by atoms with E-state index in [1.165, 1.54) is 6.20 Å². The van der Waals surface area contributed by atoms with Crippen LogP contribution in [0.5, 0.6) is 0 Å². The molecule has 5 heteroatoms. The summed E-state index contributed by atoms with van der Waals surface area (Å²) in [6, 6.07) is 3.27. The first-order valence-electron chi connectivity index (χ1n) is 4.55. The standard InChI is InChI=1S/C10H12N2O3/c11-9(13)4-2-6-15-10(14)8-3-1-5-12-7-8/h1,3,5,7H,2,4,6H2,(H2,11,13). The Morgan fingerprint density at radius 1 is 1.47 bits per heavy atom. The molecule has 1 heterocycles. The molecular formula is C10H12N2O3. The summed E-state index contributed by atoms with van der Waals surface area (Å²) in [6.45, 7) is 0.191. The maximum atomic E-state index is 11.3. The number of carbonyl (C=O) groups is 2. The van der Waals surface area contributed by atoms with E-state index in [1.54, 1.807) is 18.3 Å². The van der Waals surface area contributed by atoms with E-state index < -0.39 is 11.9 Å². The van der Waals surface area contributed by atoms with E-state index in [0.717, 1.165) is 0 Å². The summed E-state index contributed by atoms with van der Waals surface area (Å²) < 4.78 is 4.89. The summed E-state index contributed by atoms with van der Waals surface area (Å²) >= 11 is 0. The number of hydrogen-bond donors (Lipinski definition) is 1. The topological polar surface area (TPSA) is 82.3 Å². The van der Waals surface area contributed by atoms with Gasteiger partial charge in [-0.1, -0.05) is 0 Å². The second-order valence-electron chi connectivity index (χ2n) is 2.95. The molecule has 0 aromatic carbocycles. The van der Waals surface area contributed by atoms with Crippen LogP contribution in [0.25, 0.3) is 0 Å². The van der Waals surface area contributed by atoms with Crippen LogP contribution < -0.4 is 5.73 Å². The zero-order chi connectivity index (χ0) is 11.1. The number of pyridine rings is 1. The van der Waals surface area contributed by atoms with E-state index in [0.29, 0.717) is 12.0 Å². The Kier molecular flexibility index (Phi) is 4.28. The number of aromatic nitrogens is 1. The van der Waals surface area contributed by atoms with Crippen LogP contribution in [0, 0.1) is 0 Å². The van der Waals surface area contributed by atoms with Crippen LogP contribution >= 0.6 is 0 Å². The average molecular weight is 208 g/mol. The SMILES string of the molecule is NC(=O)CCCOC(=O)c1cccnc1. The van der Waals surface area contributed by atoms with Crippen molar-refractivity contribution in [3.8, 4) is 0 Å².